The van der Waals surface area contributed by atoms with Gasteiger partial charge in [-0.2, -0.15) is 0 Å². The van der Waals surface area contributed by atoms with Crippen LogP contribution >= 0.6 is 15.9 Å². The molecule has 5 nitrogen and oxygen atoms in total. The van der Waals surface area contributed by atoms with Gasteiger partial charge in [-0.15, -0.1) is 0 Å². The first-order valence-electron chi connectivity index (χ1n) is 6.29. The Morgan fingerprint density at radius 3 is 2.68 bits per heavy atom. The number of nitrogens with zero attached hydrogens (tertiary/aromatic N) is 1. The molecule has 7 heteroatoms. The van der Waals surface area contributed by atoms with Crippen molar-refractivity contribution in [1.29, 1.82) is 0 Å². The second-order valence-electron chi connectivity index (χ2n) is 4.40. The molecule has 19 heavy (non-hydrogen) atoms. The fourth-order valence-corrected chi connectivity index (χ4v) is 3.20. The lowest BCUT2D eigenvalue weighted by molar-refractivity contribution is 0.528. The highest BCUT2D eigenvalue weighted by Crippen LogP contribution is 2.22. The van der Waals surface area contributed by atoms with E-state index in [1.54, 1.807) is 12.3 Å². The topological polar surface area (TPSA) is 71.1 Å². The zero-order valence-corrected chi connectivity index (χ0v) is 13.8. The molecule has 0 amide bonds. The highest BCUT2D eigenvalue weighted by atomic mass is 79.9. The number of aromatic nitrogens is 1. The number of pyridine rings is 1. The number of halogens is 1. The summed E-state index contributed by atoms with van der Waals surface area (Å²) in [5.74, 6) is 0.680. The monoisotopic (exact) mass is 349 g/mol. The van der Waals surface area contributed by atoms with Crippen LogP contribution in [0.1, 0.15) is 27.2 Å². The average molecular weight is 350 g/mol. The van der Waals surface area contributed by atoms with Crippen molar-refractivity contribution >= 4 is 31.8 Å². The first-order valence-corrected chi connectivity index (χ1v) is 8.57. The van der Waals surface area contributed by atoms with Crippen LogP contribution in [0.15, 0.2) is 21.6 Å². The van der Waals surface area contributed by atoms with E-state index in [-0.39, 0.29) is 4.90 Å². The molecule has 0 aliphatic carbocycles. The molecule has 0 saturated carbocycles. The van der Waals surface area contributed by atoms with Crippen LogP contribution < -0.4 is 10.0 Å². The van der Waals surface area contributed by atoms with Crippen LogP contribution in [0, 0.1) is 5.92 Å². The Kier molecular flexibility index (Phi) is 6.22. The van der Waals surface area contributed by atoms with Crippen molar-refractivity contribution in [3.8, 4) is 0 Å². The van der Waals surface area contributed by atoms with Crippen molar-refractivity contribution in [2.45, 2.75) is 32.1 Å². The maximum Gasteiger partial charge on any atom is 0.244 e. The summed E-state index contributed by atoms with van der Waals surface area (Å²) in [6.45, 7) is 6.97. The highest BCUT2D eigenvalue weighted by molar-refractivity contribution is 9.10. The Labute approximate surface area is 123 Å². The molecule has 1 heterocycles. The van der Waals surface area contributed by atoms with Gasteiger partial charge in [0.05, 0.1) is 0 Å². The third-order valence-corrected chi connectivity index (χ3v) is 4.64. The van der Waals surface area contributed by atoms with E-state index in [4.69, 9.17) is 0 Å². The zero-order chi connectivity index (χ0) is 14.5. The maximum atomic E-state index is 12.3. The van der Waals surface area contributed by atoms with E-state index in [9.17, 15) is 8.42 Å². The summed E-state index contributed by atoms with van der Waals surface area (Å²) in [7, 11) is -3.55. The molecule has 1 aromatic rings. The van der Waals surface area contributed by atoms with Crippen LogP contribution in [-0.4, -0.2) is 26.5 Å². The van der Waals surface area contributed by atoms with Crippen molar-refractivity contribution in [3.63, 3.8) is 0 Å². The average Bonchev–Trinajstić information content (AvgIpc) is 2.38. The molecule has 1 unspecified atom stereocenters. The largest absolute Gasteiger partial charge is 0.369 e. The number of hydrogen-bond acceptors (Lipinski definition) is 4. The van der Waals surface area contributed by atoms with Gasteiger partial charge in [-0.25, -0.2) is 18.1 Å². The van der Waals surface area contributed by atoms with Crippen molar-refractivity contribution in [3.05, 3.63) is 16.7 Å². The van der Waals surface area contributed by atoms with Gasteiger partial charge in [-0.3, -0.25) is 0 Å². The standard InChI is InChI=1S/C12H20BrN3O2S/c1-4-9(3)7-16-19(17,18)11-6-10(13)8-15-12(11)14-5-2/h6,8-9,16H,4-5,7H2,1-3H3,(H,14,15). The summed E-state index contributed by atoms with van der Waals surface area (Å²) in [4.78, 5) is 4.28. The molecule has 0 radical (unpaired) electrons. The molecule has 0 fully saturated rings. The molecular formula is C12H20BrN3O2S. The molecule has 0 saturated heterocycles. The lowest BCUT2D eigenvalue weighted by atomic mass is 10.1. The molecule has 0 aromatic carbocycles. The second-order valence-corrected chi connectivity index (χ2v) is 7.05. The highest BCUT2D eigenvalue weighted by Gasteiger charge is 2.20. The van der Waals surface area contributed by atoms with E-state index in [1.807, 2.05) is 20.8 Å². The van der Waals surface area contributed by atoms with Gasteiger partial charge in [0.1, 0.15) is 10.7 Å². The second kappa shape index (κ2) is 7.21. The van der Waals surface area contributed by atoms with Crippen molar-refractivity contribution in [2.24, 2.45) is 5.92 Å². The van der Waals surface area contributed by atoms with Gasteiger partial charge >= 0.3 is 0 Å². The van der Waals surface area contributed by atoms with Crippen molar-refractivity contribution < 1.29 is 8.42 Å². The van der Waals surface area contributed by atoms with Crippen molar-refractivity contribution in [2.75, 3.05) is 18.4 Å². The Morgan fingerprint density at radius 1 is 1.42 bits per heavy atom. The summed E-state index contributed by atoms with van der Waals surface area (Å²) in [6, 6.07) is 1.56. The van der Waals surface area contributed by atoms with Crippen LogP contribution in [0.3, 0.4) is 0 Å². The summed E-state index contributed by atoms with van der Waals surface area (Å²) >= 11 is 3.25. The van der Waals surface area contributed by atoms with Gasteiger partial charge in [-0.1, -0.05) is 20.3 Å². The van der Waals surface area contributed by atoms with Gasteiger partial charge in [0.25, 0.3) is 0 Å². The Morgan fingerprint density at radius 2 is 2.11 bits per heavy atom. The number of rotatable bonds is 7. The Balaban J connectivity index is 3.02. The Hall–Kier alpha value is -0.660. The van der Waals surface area contributed by atoms with Crippen LogP contribution in [0.4, 0.5) is 5.82 Å². The number of sulfonamides is 1. The van der Waals surface area contributed by atoms with Gasteiger partial charge in [-0.05, 0) is 34.8 Å². The van der Waals surface area contributed by atoms with Gasteiger partial charge in [0.15, 0.2) is 0 Å². The number of hydrogen-bond donors (Lipinski definition) is 2. The van der Waals surface area contributed by atoms with Crippen molar-refractivity contribution in [1.82, 2.24) is 9.71 Å². The van der Waals surface area contributed by atoms with E-state index in [0.717, 1.165) is 6.42 Å². The van der Waals surface area contributed by atoms with Crippen LogP contribution in [0.2, 0.25) is 0 Å². The first kappa shape index (κ1) is 16.4. The molecule has 1 rings (SSSR count). The van der Waals surface area contributed by atoms with Gasteiger partial charge < -0.3 is 5.32 Å². The van der Waals surface area contributed by atoms with Gasteiger partial charge in [0.2, 0.25) is 10.0 Å². The minimum absolute atomic E-state index is 0.173. The van der Waals surface area contributed by atoms with E-state index in [2.05, 4.69) is 31.0 Å². The van der Waals surface area contributed by atoms with Crippen LogP contribution in [0.25, 0.3) is 0 Å². The van der Waals surface area contributed by atoms with Crippen LogP contribution in [0.5, 0.6) is 0 Å². The molecule has 0 aliphatic heterocycles. The minimum Gasteiger partial charge on any atom is -0.369 e. The molecular weight excluding hydrogens is 330 g/mol. The molecule has 2 N–H and O–H groups in total. The maximum absolute atomic E-state index is 12.3. The molecule has 0 spiro atoms. The SMILES string of the molecule is CCNc1ncc(Br)cc1S(=O)(=O)NCC(C)CC. The van der Waals surface area contributed by atoms with Crippen LogP contribution in [-0.2, 0) is 10.0 Å². The van der Waals surface area contributed by atoms with Gasteiger partial charge in [0, 0.05) is 23.8 Å². The van der Waals surface area contributed by atoms with E-state index >= 15 is 0 Å². The quantitative estimate of drug-likeness (QED) is 0.793. The normalized spacial score (nSPS) is 13.3. The minimum atomic E-state index is -3.55. The van der Waals surface area contributed by atoms with E-state index in [1.165, 1.54) is 0 Å². The molecule has 0 bridgehead atoms. The Bertz CT molecular complexity index is 520. The summed E-state index contributed by atoms with van der Waals surface area (Å²) in [5.41, 5.74) is 0. The molecule has 1 atom stereocenters. The third kappa shape index (κ3) is 4.74. The predicted molar refractivity (Wildman–Crippen MR) is 80.7 cm³/mol. The van der Waals surface area contributed by atoms with E-state index < -0.39 is 10.0 Å². The predicted octanol–water partition coefficient (Wildman–Crippen LogP) is 2.60. The molecule has 0 aliphatic rings. The lowest BCUT2D eigenvalue weighted by Gasteiger charge is -2.14. The van der Waals surface area contributed by atoms with E-state index in [0.29, 0.717) is 29.3 Å². The third-order valence-electron chi connectivity index (χ3n) is 2.77. The summed E-state index contributed by atoms with van der Waals surface area (Å²) < 4.78 is 27.8. The number of anilines is 1. The number of nitrogens with one attached hydrogen (secondary N) is 2. The lowest BCUT2D eigenvalue weighted by Crippen LogP contribution is -2.29. The smallest absolute Gasteiger partial charge is 0.244 e. The summed E-state index contributed by atoms with van der Waals surface area (Å²) in [5, 5.41) is 2.96. The zero-order valence-electron chi connectivity index (χ0n) is 11.4. The first-order chi connectivity index (χ1) is 8.90. The molecule has 1 aromatic heterocycles. The fraction of sp³-hybridized carbons (Fsp3) is 0.583. The molecule has 108 valence electrons. The summed E-state index contributed by atoms with van der Waals surface area (Å²) in [6.07, 6.45) is 2.50. The fourth-order valence-electron chi connectivity index (χ4n) is 1.40.